The summed E-state index contributed by atoms with van der Waals surface area (Å²) in [5, 5.41) is 14.7. The lowest BCUT2D eigenvalue weighted by Gasteiger charge is -2.17. The third kappa shape index (κ3) is 6.68. The van der Waals surface area contributed by atoms with Crippen LogP contribution >= 0.6 is 27.5 Å². The molecule has 6 nitrogen and oxygen atoms in total. The van der Waals surface area contributed by atoms with E-state index in [-0.39, 0.29) is 29.9 Å². The lowest BCUT2D eigenvalue weighted by atomic mass is 10.2. The lowest BCUT2D eigenvalue weighted by molar-refractivity contribution is -0.881. The topological polar surface area (TPSA) is 86.4 Å². The Kier molecular flexibility index (Phi) is 7.80. The molecule has 0 saturated carbocycles. The van der Waals surface area contributed by atoms with Gasteiger partial charge in [-0.3, -0.25) is 9.59 Å². The minimum absolute atomic E-state index is 0.141. The van der Waals surface area contributed by atoms with Gasteiger partial charge in [0.15, 0.2) is 13.1 Å². The number of hydrogen-bond donors (Lipinski definition) is 3. The number of nitrogens with zero attached hydrogens (tertiary/aromatic N) is 1. The number of anilines is 2. The number of halogens is 2. The molecule has 0 heterocycles. The molecule has 2 aromatic rings. The van der Waals surface area contributed by atoms with Crippen molar-refractivity contribution in [1.82, 2.24) is 0 Å². The molecule has 2 rings (SSSR count). The Morgan fingerprint density at radius 2 is 1.63 bits per heavy atom. The van der Waals surface area contributed by atoms with Crippen molar-refractivity contribution >= 4 is 50.7 Å². The van der Waals surface area contributed by atoms with Crippen LogP contribution in [0.2, 0.25) is 5.02 Å². The summed E-state index contributed by atoms with van der Waals surface area (Å²) in [5.74, 6) is -0.396. The van der Waals surface area contributed by atoms with Gasteiger partial charge in [-0.05, 0) is 49.4 Å². The van der Waals surface area contributed by atoms with Gasteiger partial charge in [0, 0.05) is 15.8 Å². The minimum atomic E-state index is -0.232. The van der Waals surface area contributed by atoms with Crippen LogP contribution in [0.25, 0.3) is 0 Å². The summed E-state index contributed by atoms with van der Waals surface area (Å²) in [6.45, 7) is 2.85. The van der Waals surface area contributed by atoms with Crippen molar-refractivity contribution < 1.29 is 14.5 Å². The van der Waals surface area contributed by atoms with E-state index < -0.39 is 0 Å². The summed E-state index contributed by atoms with van der Waals surface area (Å²) in [5.41, 5.74) is 1.56. The molecule has 0 aliphatic rings. The fourth-order valence-electron chi connectivity index (χ4n) is 2.39. The average Bonchev–Trinajstić information content (AvgIpc) is 2.63. The first-order chi connectivity index (χ1) is 12.9. The zero-order valence-corrected chi connectivity index (χ0v) is 17.0. The third-order valence-electron chi connectivity index (χ3n) is 3.82. The van der Waals surface area contributed by atoms with Crippen LogP contribution in [0.5, 0.6) is 0 Å². The zero-order valence-electron chi connectivity index (χ0n) is 14.7. The molecule has 0 aromatic heterocycles. The van der Waals surface area contributed by atoms with E-state index in [0.29, 0.717) is 23.5 Å². The van der Waals surface area contributed by atoms with Crippen molar-refractivity contribution in [3.63, 3.8) is 0 Å². The van der Waals surface area contributed by atoms with Gasteiger partial charge in [-0.15, -0.1) is 0 Å². The number of hydrogen-bond acceptors (Lipinski definition) is 3. The van der Waals surface area contributed by atoms with Crippen molar-refractivity contribution in [1.29, 1.82) is 5.26 Å². The molecule has 0 aliphatic heterocycles. The first-order valence-corrected chi connectivity index (χ1v) is 9.47. The molecule has 0 fully saturated rings. The van der Waals surface area contributed by atoms with E-state index in [9.17, 15) is 9.59 Å². The quantitative estimate of drug-likeness (QED) is 0.606. The third-order valence-corrected chi connectivity index (χ3v) is 4.66. The summed E-state index contributed by atoms with van der Waals surface area (Å²) in [6, 6.07) is 14.0. The smallest absolute Gasteiger partial charge is 0.279 e. The number of likely N-dealkylation sites (N-methyl/N-ethyl adjacent to an activating group) is 1. The van der Waals surface area contributed by atoms with Gasteiger partial charge in [0.2, 0.25) is 0 Å². The van der Waals surface area contributed by atoms with Crippen LogP contribution in [0.15, 0.2) is 46.9 Å². The summed E-state index contributed by atoms with van der Waals surface area (Å²) >= 11 is 9.31. The molecule has 1 unspecified atom stereocenters. The van der Waals surface area contributed by atoms with Gasteiger partial charge in [0.05, 0.1) is 17.1 Å². The molecule has 0 bridgehead atoms. The summed E-state index contributed by atoms with van der Waals surface area (Å²) in [7, 11) is 0. The molecule has 140 valence electrons. The molecule has 2 aromatic carbocycles. The standard InChI is InChI=1S/C19H18BrClN4O2/c1-2-25(11-18(26)23-15-7-4-14(20)5-8-15)12-19(27)24-16-6-3-13(10-22)17(21)9-16/h3-9H,2,11-12H2,1H3,(H,23,26)(H,24,27)/p+1. The molecular formula is C19H19BrClN4O2+. The minimum Gasteiger partial charge on any atom is -0.321 e. The van der Waals surface area contributed by atoms with E-state index in [2.05, 4.69) is 26.6 Å². The van der Waals surface area contributed by atoms with Crippen LogP contribution < -0.4 is 15.5 Å². The fraction of sp³-hybridized carbons (Fsp3) is 0.211. The maximum Gasteiger partial charge on any atom is 0.279 e. The number of quaternary nitrogens is 1. The van der Waals surface area contributed by atoms with Crippen LogP contribution in [0, 0.1) is 11.3 Å². The predicted molar refractivity (Wildman–Crippen MR) is 109 cm³/mol. The second-order valence-electron chi connectivity index (χ2n) is 5.87. The largest absolute Gasteiger partial charge is 0.321 e. The molecule has 1 atom stereocenters. The fourth-order valence-corrected chi connectivity index (χ4v) is 2.88. The monoisotopic (exact) mass is 449 g/mol. The average molecular weight is 451 g/mol. The SMILES string of the molecule is CC[NH+](CC(=O)Nc1ccc(Br)cc1)CC(=O)Nc1ccc(C#N)c(Cl)c1. The Hall–Kier alpha value is -2.40. The van der Waals surface area contributed by atoms with E-state index in [1.807, 2.05) is 25.1 Å². The summed E-state index contributed by atoms with van der Waals surface area (Å²) < 4.78 is 0.931. The Balaban J connectivity index is 1.88. The number of carbonyl (C=O) groups is 2. The van der Waals surface area contributed by atoms with Gasteiger partial charge < -0.3 is 15.5 Å². The van der Waals surface area contributed by atoms with Crippen molar-refractivity contribution in [2.24, 2.45) is 0 Å². The van der Waals surface area contributed by atoms with Gasteiger partial charge in [0.25, 0.3) is 11.8 Å². The highest BCUT2D eigenvalue weighted by atomic mass is 79.9. The molecule has 0 aliphatic carbocycles. The zero-order chi connectivity index (χ0) is 19.8. The van der Waals surface area contributed by atoms with Gasteiger partial charge in [-0.2, -0.15) is 5.26 Å². The van der Waals surface area contributed by atoms with E-state index in [1.54, 1.807) is 24.3 Å². The molecule has 2 amide bonds. The van der Waals surface area contributed by atoms with Crippen LogP contribution in [-0.4, -0.2) is 31.4 Å². The first kappa shape index (κ1) is 20.9. The van der Waals surface area contributed by atoms with Crippen LogP contribution in [0.1, 0.15) is 12.5 Å². The first-order valence-electron chi connectivity index (χ1n) is 8.29. The number of carbonyl (C=O) groups excluding carboxylic acids is 2. The second kappa shape index (κ2) is 10.1. The second-order valence-corrected chi connectivity index (χ2v) is 7.19. The van der Waals surface area contributed by atoms with Crippen molar-refractivity contribution in [2.45, 2.75) is 6.92 Å². The highest BCUT2D eigenvalue weighted by molar-refractivity contribution is 9.10. The van der Waals surface area contributed by atoms with Gasteiger partial charge in [-0.1, -0.05) is 27.5 Å². The van der Waals surface area contributed by atoms with Crippen LogP contribution in [-0.2, 0) is 9.59 Å². The normalized spacial score (nSPS) is 11.3. The lowest BCUT2D eigenvalue weighted by Crippen LogP contribution is -3.13. The van der Waals surface area contributed by atoms with Crippen LogP contribution in [0.4, 0.5) is 11.4 Å². The van der Waals surface area contributed by atoms with Gasteiger partial charge >= 0.3 is 0 Å². The van der Waals surface area contributed by atoms with Crippen molar-refractivity contribution in [3.05, 3.63) is 57.5 Å². The van der Waals surface area contributed by atoms with Crippen molar-refractivity contribution in [3.8, 4) is 6.07 Å². The molecular weight excluding hydrogens is 432 g/mol. The summed E-state index contributed by atoms with van der Waals surface area (Å²) in [4.78, 5) is 25.3. The maximum atomic E-state index is 12.2. The van der Waals surface area contributed by atoms with E-state index >= 15 is 0 Å². The van der Waals surface area contributed by atoms with E-state index in [0.717, 1.165) is 9.37 Å². The predicted octanol–water partition coefficient (Wildman–Crippen LogP) is 2.46. The molecule has 0 spiro atoms. The molecule has 0 radical (unpaired) electrons. The number of rotatable bonds is 7. The van der Waals surface area contributed by atoms with Crippen molar-refractivity contribution in [2.75, 3.05) is 30.3 Å². The Labute approximate surface area is 171 Å². The molecule has 8 heteroatoms. The number of nitrogens with one attached hydrogen (secondary N) is 3. The number of amides is 2. The highest BCUT2D eigenvalue weighted by Gasteiger charge is 2.17. The Morgan fingerprint density at radius 1 is 1.07 bits per heavy atom. The number of nitriles is 1. The van der Waals surface area contributed by atoms with Crippen LogP contribution in [0.3, 0.4) is 0 Å². The van der Waals surface area contributed by atoms with Gasteiger partial charge in [-0.25, -0.2) is 0 Å². The van der Waals surface area contributed by atoms with E-state index in [1.165, 1.54) is 6.07 Å². The molecule has 0 saturated heterocycles. The number of benzene rings is 2. The highest BCUT2D eigenvalue weighted by Crippen LogP contribution is 2.20. The molecule has 27 heavy (non-hydrogen) atoms. The Bertz CT molecular complexity index is 865. The molecule has 3 N–H and O–H groups in total. The van der Waals surface area contributed by atoms with Gasteiger partial charge in [0.1, 0.15) is 6.07 Å². The summed E-state index contributed by atoms with van der Waals surface area (Å²) in [6.07, 6.45) is 0. The maximum absolute atomic E-state index is 12.2. The van der Waals surface area contributed by atoms with E-state index in [4.69, 9.17) is 16.9 Å². The Morgan fingerprint density at radius 3 is 2.15 bits per heavy atom.